The van der Waals surface area contributed by atoms with E-state index in [1.165, 1.54) is 11.8 Å². The highest BCUT2D eigenvalue weighted by molar-refractivity contribution is 8.26. The molecule has 0 aromatic heterocycles. The van der Waals surface area contributed by atoms with E-state index in [0.29, 0.717) is 40.3 Å². The SMILES string of the molecule is CCN(CCO)C(=O)CCCCCN1C(=O)/C(=C/c2ccc(Cl)cc2)SC1=S. The fraction of sp³-hybridized carbons (Fsp3) is 0.450. The molecule has 0 radical (unpaired) electrons. The molecule has 5 nitrogen and oxygen atoms in total. The van der Waals surface area contributed by atoms with Gasteiger partial charge in [-0.05, 0) is 43.5 Å². The number of carbonyl (C=O) groups excluding carboxylic acids is 2. The Balaban J connectivity index is 1.78. The van der Waals surface area contributed by atoms with Crippen molar-refractivity contribution < 1.29 is 14.7 Å². The Labute approximate surface area is 180 Å². The molecule has 1 aromatic carbocycles. The van der Waals surface area contributed by atoms with Gasteiger partial charge in [0.25, 0.3) is 5.91 Å². The summed E-state index contributed by atoms with van der Waals surface area (Å²) in [6.45, 7) is 3.44. The van der Waals surface area contributed by atoms with E-state index in [2.05, 4.69) is 0 Å². The van der Waals surface area contributed by atoms with Crippen LogP contribution in [0.25, 0.3) is 6.08 Å². The molecule has 1 heterocycles. The third kappa shape index (κ3) is 6.58. The van der Waals surface area contributed by atoms with Gasteiger partial charge in [-0.2, -0.15) is 0 Å². The van der Waals surface area contributed by atoms with Crippen molar-refractivity contribution >= 4 is 57.8 Å². The van der Waals surface area contributed by atoms with Gasteiger partial charge in [0.2, 0.25) is 5.91 Å². The van der Waals surface area contributed by atoms with Crippen molar-refractivity contribution in [2.75, 3.05) is 26.2 Å². The Bertz CT molecular complexity index is 737. The van der Waals surface area contributed by atoms with Crippen LogP contribution in [-0.4, -0.2) is 57.3 Å². The number of hydrogen-bond donors (Lipinski definition) is 1. The van der Waals surface area contributed by atoms with E-state index in [0.717, 1.165) is 24.8 Å². The van der Waals surface area contributed by atoms with Crippen LogP contribution in [0, 0.1) is 0 Å². The smallest absolute Gasteiger partial charge is 0.266 e. The van der Waals surface area contributed by atoms with Crippen LogP contribution in [-0.2, 0) is 9.59 Å². The fourth-order valence-electron chi connectivity index (χ4n) is 2.86. The summed E-state index contributed by atoms with van der Waals surface area (Å²) in [5.74, 6) is -0.00538. The lowest BCUT2D eigenvalue weighted by Crippen LogP contribution is -2.33. The van der Waals surface area contributed by atoms with Crippen molar-refractivity contribution in [1.29, 1.82) is 0 Å². The highest BCUT2D eigenvalue weighted by Crippen LogP contribution is 2.32. The average Bonchev–Trinajstić information content (AvgIpc) is 2.94. The molecular formula is C20H25ClN2O3S2. The molecule has 1 saturated heterocycles. The number of hydrogen-bond acceptors (Lipinski definition) is 5. The quantitative estimate of drug-likeness (QED) is 0.339. The van der Waals surface area contributed by atoms with Crippen molar-refractivity contribution in [2.45, 2.75) is 32.6 Å². The van der Waals surface area contributed by atoms with Gasteiger partial charge in [-0.3, -0.25) is 14.5 Å². The van der Waals surface area contributed by atoms with Crippen LogP contribution in [0.15, 0.2) is 29.2 Å². The van der Waals surface area contributed by atoms with Crippen molar-refractivity contribution in [1.82, 2.24) is 9.80 Å². The molecule has 0 spiro atoms. The number of aliphatic hydroxyl groups is 1. The van der Waals surface area contributed by atoms with E-state index in [4.69, 9.17) is 28.9 Å². The third-order valence-corrected chi connectivity index (χ3v) is 6.05. The van der Waals surface area contributed by atoms with Crippen molar-refractivity contribution in [2.24, 2.45) is 0 Å². The first-order valence-electron chi connectivity index (χ1n) is 9.35. The maximum atomic E-state index is 12.6. The van der Waals surface area contributed by atoms with Crippen LogP contribution < -0.4 is 0 Å². The molecule has 8 heteroatoms. The summed E-state index contributed by atoms with van der Waals surface area (Å²) in [6.07, 6.45) is 4.68. The highest BCUT2D eigenvalue weighted by Gasteiger charge is 2.31. The van der Waals surface area contributed by atoms with E-state index in [9.17, 15) is 9.59 Å². The molecule has 0 aliphatic carbocycles. The average molecular weight is 441 g/mol. The number of thiocarbonyl (C=S) groups is 1. The molecule has 0 bridgehead atoms. The first-order valence-corrected chi connectivity index (χ1v) is 11.0. The zero-order valence-corrected chi connectivity index (χ0v) is 18.3. The highest BCUT2D eigenvalue weighted by atomic mass is 35.5. The van der Waals surface area contributed by atoms with Gasteiger partial charge >= 0.3 is 0 Å². The van der Waals surface area contributed by atoms with Gasteiger partial charge in [0, 0.05) is 31.1 Å². The van der Waals surface area contributed by atoms with Gasteiger partial charge in [0.15, 0.2) is 0 Å². The number of carbonyl (C=O) groups is 2. The Morgan fingerprint density at radius 2 is 2.00 bits per heavy atom. The molecule has 1 N–H and O–H groups in total. The largest absolute Gasteiger partial charge is 0.395 e. The lowest BCUT2D eigenvalue weighted by molar-refractivity contribution is -0.131. The molecule has 2 rings (SSSR count). The van der Waals surface area contributed by atoms with Crippen LogP contribution in [0.2, 0.25) is 5.02 Å². The van der Waals surface area contributed by atoms with Crippen LogP contribution in [0.5, 0.6) is 0 Å². The Hall–Kier alpha value is -1.41. The summed E-state index contributed by atoms with van der Waals surface area (Å²) in [5.41, 5.74) is 0.909. The summed E-state index contributed by atoms with van der Waals surface area (Å²) < 4.78 is 0.571. The standard InChI is InChI=1S/C20H25ClN2O3S2/c1-2-22(12-13-24)18(25)6-4-3-5-11-23-19(26)17(28-20(23)27)14-15-7-9-16(21)10-8-15/h7-10,14,24H,2-6,11-13H2,1H3/b17-14-. The van der Waals surface area contributed by atoms with Gasteiger partial charge in [0.1, 0.15) is 4.32 Å². The summed E-state index contributed by atoms with van der Waals surface area (Å²) in [5, 5.41) is 9.62. The molecule has 0 unspecified atom stereocenters. The van der Waals surface area contributed by atoms with E-state index in [-0.39, 0.29) is 18.4 Å². The number of nitrogens with zero attached hydrogens (tertiary/aromatic N) is 2. The topological polar surface area (TPSA) is 60.9 Å². The minimum atomic E-state index is -0.0684. The Morgan fingerprint density at radius 3 is 2.64 bits per heavy atom. The van der Waals surface area contributed by atoms with E-state index >= 15 is 0 Å². The number of thioether (sulfide) groups is 1. The molecule has 2 amide bonds. The number of halogens is 1. The molecule has 0 saturated carbocycles. The molecular weight excluding hydrogens is 416 g/mol. The lowest BCUT2D eigenvalue weighted by Gasteiger charge is -2.19. The first-order chi connectivity index (χ1) is 13.5. The molecule has 152 valence electrons. The maximum absolute atomic E-state index is 12.6. The molecule has 1 aliphatic rings. The summed E-state index contributed by atoms with van der Waals surface area (Å²) in [4.78, 5) is 28.5. The van der Waals surface area contributed by atoms with Crippen LogP contribution >= 0.6 is 35.6 Å². The summed E-state index contributed by atoms with van der Waals surface area (Å²) >= 11 is 12.6. The molecule has 1 fully saturated rings. The zero-order chi connectivity index (χ0) is 20.5. The third-order valence-electron chi connectivity index (χ3n) is 4.42. The zero-order valence-electron chi connectivity index (χ0n) is 15.9. The number of aliphatic hydroxyl groups excluding tert-OH is 1. The van der Waals surface area contributed by atoms with Crippen LogP contribution in [0.1, 0.15) is 38.2 Å². The number of amides is 2. The fourth-order valence-corrected chi connectivity index (χ4v) is 4.30. The number of unbranched alkanes of at least 4 members (excludes halogenated alkanes) is 2. The summed E-state index contributed by atoms with van der Waals surface area (Å²) in [6, 6.07) is 7.30. The predicted octanol–water partition coefficient (Wildman–Crippen LogP) is 3.94. The maximum Gasteiger partial charge on any atom is 0.266 e. The second-order valence-electron chi connectivity index (χ2n) is 6.39. The minimum absolute atomic E-state index is 0.0162. The van der Waals surface area contributed by atoms with E-state index in [1.807, 2.05) is 25.1 Å². The number of likely N-dealkylation sites (N-methyl/N-ethyl adjacent to an activating group) is 1. The van der Waals surface area contributed by atoms with Gasteiger partial charge in [0.05, 0.1) is 11.5 Å². The van der Waals surface area contributed by atoms with E-state index in [1.54, 1.807) is 21.9 Å². The van der Waals surface area contributed by atoms with Gasteiger partial charge in [-0.1, -0.05) is 54.1 Å². The van der Waals surface area contributed by atoms with E-state index < -0.39 is 0 Å². The number of benzene rings is 1. The normalized spacial score (nSPS) is 15.5. The summed E-state index contributed by atoms with van der Waals surface area (Å²) in [7, 11) is 0. The molecule has 1 aliphatic heterocycles. The predicted molar refractivity (Wildman–Crippen MR) is 119 cm³/mol. The number of rotatable bonds is 10. The second kappa shape index (κ2) is 11.6. The van der Waals surface area contributed by atoms with Gasteiger partial charge < -0.3 is 10.0 Å². The van der Waals surface area contributed by atoms with Crippen molar-refractivity contribution in [3.8, 4) is 0 Å². The second-order valence-corrected chi connectivity index (χ2v) is 8.50. The Kier molecular flexibility index (Phi) is 9.44. The Morgan fingerprint density at radius 1 is 1.29 bits per heavy atom. The monoisotopic (exact) mass is 440 g/mol. The van der Waals surface area contributed by atoms with Crippen LogP contribution in [0.4, 0.5) is 0 Å². The molecule has 0 atom stereocenters. The van der Waals surface area contributed by atoms with Crippen molar-refractivity contribution in [3.63, 3.8) is 0 Å². The minimum Gasteiger partial charge on any atom is -0.395 e. The van der Waals surface area contributed by atoms with Gasteiger partial charge in [-0.25, -0.2) is 0 Å². The first kappa shape index (κ1) is 22.9. The molecule has 28 heavy (non-hydrogen) atoms. The molecule has 1 aromatic rings. The van der Waals surface area contributed by atoms with Crippen molar-refractivity contribution in [3.05, 3.63) is 39.8 Å². The van der Waals surface area contributed by atoms with Crippen LogP contribution in [0.3, 0.4) is 0 Å². The lowest BCUT2D eigenvalue weighted by atomic mass is 10.1. The van der Waals surface area contributed by atoms with Gasteiger partial charge in [-0.15, -0.1) is 0 Å².